The Morgan fingerprint density at radius 3 is 2.57 bits per heavy atom. The van der Waals surface area contributed by atoms with E-state index in [0.29, 0.717) is 27.9 Å². The zero-order valence-corrected chi connectivity index (χ0v) is 16.1. The fourth-order valence-electron chi connectivity index (χ4n) is 3.21. The van der Waals surface area contributed by atoms with Gasteiger partial charge in [-0.15, -0.1) is 0 Å². The Bertz CT molecular complexity index is 1040. The Kier molecular flexibility index (Phi) is 4.75. The first kappa shape index (κ1) is 18.1. The minimum atomic E-state index is -0.419. The number of rotatable bonds is 4. The van der Waals surface area contributed by atoms with Gasteiger partial charge in [0.1, 0.15) is 18.1 Å². The number of fused-ring (bicyclic) bond motifs is 1. The van der Waals surface area contributed by atoms with Crippen molar-refractivity contribution in [3.63, 3.8) is 0 Å². The Morgan fingerprint density at radius 1 is 1.18 bits per heavy atom. The lowest BCUT2D eigenvalue weighted by Crippen LogP contribution is -2.31. The molecule has 2 N–H and O–H groups in total. The topological polar surface area (TPSA) is 81.1 Å². The number of hydrogen-bond donors (Lipinski definition) is 2. The van der Waals surface area contributed by atoms with Crippen molar-refractivity contribution in [3.05, 3.63) is 76.7 Å². The van der Waals surface area contributed by atoms with Crippen LogP contribution in [0.3, 0.4) is 0 Å². The predicted octanol–water partition coefficient (Wildman–Crippen LogP) is 3.87. The molecule has 7 nitrogen and oxygen atoms in total. The van der Waals surface area contributed by atoms with E-state index >= 15 is 0 Å². The van der Waals surface area contributed by atoms with E-state index in [1.807, 2.05) is 31.2 Å². The number of aromatic nitrogens is 3. The average molecular weight is 396 g/mol. The van der Waals surface area contributed by atoms with Gasteiger partial charge < -0.3 is 15.4 Å². The second-order valence-corrected chi connectivity index (χ2v) is 6.77. The SMILES string of the molecule is COc1ccc(C2C(C(=O)Nc3ccc(Cl)cc3)=C(C)Nc3ncnn32)cc1. The van der Waals surface area contributed by atoms with Crippen molar-refractivity contribution in [2.24, 2.45) is 0 Å². The number of hydrogen-bond acceptors (Lipinski definition) is 5. The molecule has 28 heavy (non-hydrogen) atoms. The molecule has 142 valence electrons. The number of ether oxygens (including phenoxy) is 1. The third-order valence-corrected chi connectivity index (χ3v) is 4.82. The van der Waals surface area contributed by atoms with Crippen LogP contribution in [-0.2, 0) is 4.79 Å². The molecule has 0 saturated carbocycles. The maximum absolute atomic E-state index is 13.2. The first-order valence-electron chi connectivity index (χ1n) is 8.65. The molecule has 8 heteroatoms. The Labute approximate surface area is 167 Å². The number of amides is 1. The number of nitrogens with zero attached hydrogens (tertiary/aromatic N) is 3. The van der Waals surface area contributed by atoms with E-state index in [-0.39, 0.29) is 5.91 Å². The second-order valence-electron chi connectivity index (χ2n) is 6.33. The summed E-state index contributed by atoms with van der Waals surface area (Å²) in [6, 6.07) is 14.1. The van der Waals surface area contributed by atoms with Crippen LogP contribution >= 0.6 is 11.6 Å². The molecule has 1 aliphatic heterocycles. The number of methoxy groups -OCH3 is 1. The van der Waals surface area contributed by atoms with Crippen molar-refractivity contribution in [1.29, 1.82) is 0 Å². The standard InChI is InChI=1S/C20H18ClN5O2/c1-12-17(19(27)25-15-7-5-14(21)6-8-15)18(26-20(24-12)22-11-23-26)13-3-9-16(28-2)10-4-13/h3-11,18H,1-2H3,(H,25,27)(H,22,23,24). The van der Waals surface area contributed by atoms with Crippen LogP contribution in [0.15, 0.2) is 66.1 Å². The Morgan fingerprint density at radius 2 is 1.89 bits per heavy atom. The zero-order valence-electron chi connectivity index (χ0n) is 15.3. The van der Waals surface area contributed by atoms with Crippen LogP contribution in [0.2, 0.25) is 5.02 Å². The van der Waals surface area contributed by atoms with Crippen LogP contribution in [0.5, 0.6) is 5.75 Å². The lowest BCUT2D eigenvalue weighted by atomic mass is 9.95. The van der Waals surface area contributed by atoms with Crippen molar-refractivity contribution < 1.29 is 9.53 Å². The van der Waals surface area contributed by atoms with Gasteiger partial charge in [-0.25, -0.2) is 4.68 Å². The highest BCUT2D eigenvalue weighted by Crippen LogP contribution is 2.35. The van der Waals surface area contributed by atoms with Gasteiger partial charge >= 0.3 is 0 Å². The summed E-state index contributed by atoms with van der Waals surface area (Å²) in [5.41, 5.74) is 2.83. The highest BCUT2D eigenvalue weighted by atomic mass is 35.5. The summed E-state index contributed by atoms with van der Waals surface area (Å²) in [5.74, 6) is 1.10. The number of nitrogens with one attached hydrogen (secondary N) is 2. The van der Waals surface area contributed by atoms with E-state index in [0.717, 1.165) is 11.3 Å². The molecule has 1 aromatic heterocycles. The highest BCUT2D eigenvalue weighted by molar-refractivity contribution is 6.30. The summed E-state index contributed by atoms with van der Waals surface area (Å²) in [5, 5.41) is 11.0. The first-order valence-corrected chi connectivity index (χ1v) is 9.03. The monoisotopic (exact) mass is 395 g/mol. The van der Waals surface area contributed by atoms with E-state index < -0.39 is 6.04 Å². The Balaban J connectivity index is 1.73. The van der Waals surface area contributed by atoms with Crippen LogP contribution in [-0.4, -0.2) is 27.8 Å². The molecule has 0 fully saturated rings. The number of carbonyl (C=O) groups excluding carboxylic acids is 1. The molecular formula is C20H18ClN5O2. The summed E-state index contributed by atoms with van der Waals surface area (Å²) in [4.78, 5) is 17.4. The van der Waals surface area contributed by atoms with Crippen LogP contribution in [0.1, 0.15) is 18.5 Å². The van der Waals surface area contributed by atoms with Gasteiger partial charge in [-0.2, -0.15) is 10.1 Å². The van der Waals surface area contributed by atoms with E-state index in [2.05, 4.69) is 20.7 Å². The van der Waals surface area contributed by atoms with Gasteiger partial charge in [0.25, 0.3) is 5.91 Å². The molecule has 0 aliphatic carbocycles. The molecule has 0 saturated heterocycles. The number of halogens is 1. The average Bonchev–Trinajstić information content (AvgIpc) is 3.16. The van der Waals surface area contributed by atoms with Crippen molar-refractivity contribution in [3.8, 4) is 5.75 Å². The van der Waals surface area contributed by atoms with E-state index in [4.69, 9.17) is 16.3 Å². The molecule has 1 amide bonds. The molecular weight excluding hydrogens is 378 g/mol. The lowest BCUT2D eigenvalue weighted by Gasteiger charge is -2.28. The normalized spacial score (nSPS) is 15.6. The highest BCUT2D eigenvalue weighted by Gasteiger charge is 2.33. The second kappa shape index (κ2) is 7.36. The first-order chi connectivity index (χ1) is 13.6. The lowest BCUT2D eigenvalue weighted by molar-refractivity contribution is -0.113. The predicted molar refractivity (Wildman–Crippen MR) is 108 cm³/mol. The third-order valence-electron chi connectivity index (χ3n) is 4.57. The largest absolute Gasteiger partial charge is 0.497 e. The van der Waals surface area contributed by atoms with Crippen LogP contribution in [0.25, 0.3) is 0 Å². The number of benzene rings is 2. The molecule has 3 aromatic rings. The third kappa shape index (κ3) is 3.32. The molecule has 0 spiro atoms. The minimum Gasteiger partial charge on any atom is -0.497 e. The van der Waals surface area contributed by atoms with Gasteiger partial charge in [-0.05, 0) is 48.9 Å². The Hall–Kier alpha value is -3.32. The minimum absolute atomic E-state index is 0.228. The van der Waals surface area contributed by atoms with Crippen LogP contribution in [0.4, 0.5) is 11.6 Å². The quantitative estimate of drug-likeness (QED) is 0.700. The number of anilines is 2. The smallest absolute Gasteiger partial charge is 0.255 e. The maximum atomic E-state index is 13.2. The number of allylic oxidation sites excluding steroid dienone is 1. The van der Waals surface area contributed by atoms with Gasteiger partial charge in [0.15, 0.2) is 0 Å². The summed E-state index contributed by atoms with van der Waals surface area (Å²) in [6.45, 7) is 1.85. The zero-order chi connectivity index (χ0) is 19.7. The van der Waals surface area contributed by atoms with Crippen LogP contribution in [0, 0.1) is 0 Å². The molecule has 2 aromatic carbocycles. The summed E-state index contributed by atoms with van der Waals surface area (Å²) < 4.78 is 6.95. The van der Waals surface area contributed by atoms with Crippen molar-refractivity contribution >= 4 is 29.1 Å². The fraction of sp³-hybridized carbons (Fsp3) is 0.150. The fourth-order valence-corrected chi connectivity index (χ4v) is 3.34. The van der Waals surface area contributed by atoms with E-state index in [1.54, 1.807) is 36.1 Å². The van der Waals surface area contributed by atoms with Crippen molar-refractivity contribution in [2.75, 3.05) is 17.7 Å². The molecule has 0 radical (unpaired) electrons. The molecule has 1 atom stereocenters. The summed E-state index contributed by atoms with van der Waals surface area (Å²) >= 11 is 5.93. The van der Waals surface area contributed by atoms with Crippen molar-refractivity contribution in [2.45, 2.75) is 13.0 Å². The molecule has 1 aliphatic rings. The van der Waals surface area contributed by atoms with Gasteiger partial charge in [0, 0.05) is 16.4 Å². The molecule has 0 bridgehead atoms. The van der Waals surface area contributed by atoms with Gasteiger partial charge in [-0.3, -0.25) is 4.79 Å². The van der Waals surface area contributed by atoms with Crippen LogP contribution < -0.4 is 15.4 Å². The maximum Gasteiger partial charge on any atom is 0.255 e. The van der Waals surface area contributed by atoms with E-state index in [1.165, 1.54) is 6.33 Å². The summed E-state index contributed by atoms with van der Waals surface area (Å²) in [6.07, 6.45) is 1.46. The van der Waals surface area contributed by atoms with Crippen molar-refractivity contribution in [1.82, 2.24) is 14.8 Å². The molecule has 2 heterocycles. The molecule has 4 rings (SSSR count). The van der Waals surface area contributed by atoms with Gasteiger partial charge in [-0.1, -0.05) is 23.7 Å². The number of carbonyl (C=O) groups is 1. The summed E-state index contributed by atoms with van der Waals surface area (Å²) in [7, 11) is 1.62. The van der Waals surface area contributed by atoms with Gasteiger partial charge in [0.2, 0.25) is 5.95 Å². The molecule has 1 unspecified atom stereocenters. The van der Waals surface area contributed by atoms with Gasteiger partial charge in [0.05, 0.1) is 12.7 Å². The van der Waals surface area contributed by atoms with E-state index in [9.17, 15) is 4.79 Å².